The topological polar surface area (TPSA) is 76.6 Å². The molecule has 0 unspecified atom stereocenters. The average Bonchev–Trinajstić information content (AvgIpc) is 3.19. The van der Waals surface area contributed by atoms with Crippen LogP contribution in [0.1, 0.15) is 37.1 Å². The zero-order valence-electron chi connectivity index (χ0n) is 14.5. The van der Waals surface area contributed by atoms with E-state index in [1.165, 1.54) is 4.90 Å². The quantitative estimate of drug-likeness (QED) is 0.358. The summed E-state index contributed by atoms with van der Waals surface area (Å²) in [6.45, 7) is -0.0921. The molecule has 1 aliphatic carbocycles. The highest BCUT2D eigenvalue weighted by molar-refractivity contribution is 7.16. The van der Waals surface area contributed by atoms with E-state index >= 15 is 0 Å². The number of esters is 1. The minimum absolute atomic E-state index is 0.0808. The fourth-order valence-corrected chi connectivity index (χ4v) is 4.00. The summed E-state index contributed by atoms with van der Waals surface area (Å²) in [7, 11) is 0. The first-order chi connectivity index (χ1) is 13.9. The lowest BCUT2D eigenvalue weighted by Gasteiger charge is -2.20. The molecule has 30 heavy (non-hydrogen) atoms. The van der Waals surface area contributed by atoms with Crippen LogP contribution in [0.25, 0.3) is 0 Å². The van der Waals surface area contributed by atoms with Crippen molar-refractivity contribution in [2.75, 3.05) is 0 Å². The molecule has 1 amide bonds. The van der Waals surface area contributed by atoms with Crippen molar-refractivity contribution in [1.82, 2.24) is 9.88 Å². The highest BCUT2D eigenvalue weighted by atomic mass is 32.1. The number of hydrogen-bond donors (Lipinski definition) is 0. The van der Waals surface area contributed by atoms with Crippen LogP contribution < -0.4 is 4.74 Å². The Hall–Kier alpha value is -2.48. The summed E-state index contributed by atoms with van der Waals surface area (Å²) >= 11 is 1.04. The summed E-state index contributed by atoms with van der Waals surface area (Å²) in [5.41, 5.74) is 0. The zero-order valence-corrected chi connectivity index (χ0v) is 16.2. The van der Waals surface area contributed by atoms with Crippen LogP contribution in [-0.2, 0) is 11.3 Å². The highest BCUT2D eigenvalue weighted by Crippen LogP contribution is 2.34. The van der Waals surface area contributed by atoms with E-state index in [4.69, 9.17) is 0 Å². The molecule has 0 spiro atoms. The number of amides is 1. The molecule has 0 atom stereocenters. The third kappa shape index (κ3) is 5.16. The number of Topliss-reactive ketones (excluding diaryl/α,β-unsaturated/α-hetero) is 1. The molecule has 2 aromatic heterocycles. The van der Waals surface area contributed by atoms with Crippen LogP contribution in [0.4, 0.5) is 26.3 Å². The number of rotatable bonds is 6. The van der Waals surface area contributed by atoms with E-state index in [-0.39, 0.29) is 17.5 Å². The molecule has 3 rings (SSSR count). The fourth-order valence-electron chi connectivity index (χ4n) is 2.32. The number of carbonyl (C=O) groups is 3. The van der Waals surface area contributed by atoms with Crippen LogP contribution in [0.15, 0.2) is 18.3 Å². The Kier molecular flexibility index (Phi) is 5.91. The van der Waals surface area contributed by atoms with E-state index in [1.807, 2.05) is 0 Å². The summed E-state index contributed by atoms with van der Waals surface area (Å²) in [6.07, 6.45) is -7.83. The van der Waals surface area contributed by atoms with Crippen molar-refractivity contribution in [3.05, 3.63) is 33.0 Å². The van der Waals surface area contributed by atoms with Gasteiger partial charge in [0, 0.05) is 17.1 Å². The van der Waals surface area contributed by atoms with Crippen LogP contribution in [0.2, 0.25) is 0 Å². The van der Waals surface area contributed by atoms with Crippen LogP contribution >= 0.6 is 22.7 Å². The maximum Gasteiger partial charge on any atom is 0.491 e. The van der Waals surface area contributed by atoms with Crippen molar-refractivity contribution in [2.45, 2.75) is 37.8 Å². The molecule has 0 bridgehead atoms. The number of halogens is 6. The molecule has 6 nitrogen and oxygen atoms in total. The Morgan fingerprint density at radius 3 is 2.23 bits per heavy atom. The van der Waals surface area contributed by atoms with Crippen molar-refractivity contribution in [1.29, 1.82) is 0 Å². The SMILES string of the molecule is O=C(c1ccc(C(=O)C(F)(F)F)s1)N(Cc1cnc(OC(=O)C(F)(F)F)s1)C1CC1. The zero-order chi connectivity index (χ0) is 22.3. The van der Waals surface area contributed by atoms with Gasteiger partial charge in [-0.1, -0.05) is 11.3 Å². The maximum absolute atomic E-state index is 12.7. The second-order valence-corrected chi connectivity index (χ2v) is 8.30. The van der Waals surface area contributed by atoms with E-state index in [9.17, 15) is 40.7 Å². The van der Waals surface area contributed by atoms with Gasteiger partial charge in [0.15, 0.2) is 0 Å². The van der Waals surface area contributed by atoms with Gasteiger partial charge in [-0.3, -0.25) is 9.59 Å². The Morgan fingerprint density at radius 1 is 1.03 bits per heavy atom. The summed E-state index contributed by atoms with van der Waals surface area (Å²) < 4.78 is 78.5. The molecule has 1 aliphatic rings. The van der Waals surface area contributed by atoms with Gasteiger partial charge in [-0.25, -0.2) is 9.78 Å². The Morgan fingerprint density at radius 2 is 1.67 bits per heavy atom. The molecular weight excluding hydrogens is 462 g/mol. The van der Waals surface area contributed by atoms with Crippen LogP contribution in [-0.4, -0.2) is 45.9 Å². The highest BCUT2D eigenvalue weighted by Gasteiger charge is 2.42. The van der Waals surface area contributed by atoms with Gasteiger partial charge in [-0.15, -0.1) is 11.3 Å². The summed E-state index contributed by atoms with van der Waals surface area (Å²) in [5.74, 6) is -5.10. The van der Waals surface area contributed by atoms with E-state index in [0.717, 1.165) is 18.3 Å². The molecule has 2 aromatic rings. The number of aromatic nitrogens is 1. The number of thiazole rings is 1. The van der Waals surface area contributed by atoms with Gasteiger partial charge >= 0.3 is 18.3 Å². The second-order valence-electron chi connectivity index (χ2n) is 6.13. The number of thiophene rings is 1. The maximum atomic E-state index is 12.7. The predicted molar refractivity (Wildman–Crippen MR) is 91.4 cm³/mol. The normalized spacial score (nSPS) is 14.5. The lowest BCUT2D eigenvalue weighted by Crippen LogP contribution is -2.31. The number of nitrogens with zero attached hydrogens (tertiary/aromatic N) is 2. The first-order valence-electron chi connectivity index (χ1n) is 8.12. The molecule has 0 N–H and O–H groups in total. The van der Waals surface area contributed by atoms with Gasteiger partial charge in [0.1, 0.15) is 0 Å². The summed E-state index contributed by atoms with van der Waals surface area (Å²) in [4.78, 5) is 39.4. The molecule has 14 heteroatoms. The van der Waals surface area contributed by atoms with Crippen LogP contribution in [0.5, 0.6) is 5.19 Å². The van der Waals surface area contributed by atoms with Crippen molar-refractivity contribution in [2.24, 2.45) is 0 Å². The molecule has 1 fully saturated rings. The lowest BCUT2D eigenvalue weighted by molar-refractivity contribution is -0.189. The standard InChI is InChI=1S/C16H10F6N2O4S2/c17-15(18,19)11(25)9-3-4-10(30-9)12(26)24(7-1-2-7)6-8-5-23-14(29-8)28-13(27)16(20,21)22/h3-5,7H,1-2,6H2. The number of ether oxygens (including phenoxy) is 1. The van der Waals surface area contributed by atoms with E-state index in [2.05, 4.69) is 9.72 Å². The molecule has 1 saturated carbocycles. The van der Waals surface area contributed by atoms with Crippen molar-refractivity contribution >= 4 is 40.3 Å². The lowest BCUT2D eigenvalue weighted by atomic mass is 10.3. The summed E-state index contributed by atoms with van der Waals surface area (Å²) in [6, 6.07) is 1.83. The van der Waals surface area contributed by atoms with Crippen LogP contribution in [0, 0.1) is 0 Å². The Balaban J connectivity index is 1.72. The van der Waals surface area contributed by atoms with Gasteiger partial charge in [0.2, 0.25) is 0 Å². The van der Waals surface area contributed by atoms with Crippen molar-refractivity contribution in [3.8, 4) is 5.19 Å². The van der Waals surface area contributed by atoms with Gasteiger partial charge in [0.25, 0.3) is 16.9 Å². The first-order valence-corrected chi connectivity index (χ1v) is 9.75. The monoisotopic (exact) mass is 472 g/mol. The molecule has 0 saturated heterocycles. The largest absolute Gasteiger partial charge is 0.491 e. The van der Waals surface area contributed by atoms with E-state index in [0.29, 0.717) is 40.4 Å². The Bertz CT molecular complexity index is 977. The van der Waals surface area contributed by atoms with Gasteiger partial charge in [-0.05, 0) is 25.0 Å². The van der Waals surface area contributed by atoms with E-state index < -0.39 is 40.1 Å². The molecule has 0 radical (unpaired) electrons. The number of hydrogen-bond acceptors (Lipinski definition) is 7. The minimum atomic E-state index is -5.19. The molecule has 0 aliphatic heterocycles. The van der Waals surface area contributed by atoms with E-state index in [1.54, 1.807) is 0 Å². The van der Waals surface area contributed by atoms with Gasteiger partial charge in [-0.2, -0.15) is 26.3 Å². The molecule has 0 aromatic carbocycles. The van der Waals surface area contributed by atoms with Crippen molar-refractivity contribution < 1.29 is 45.5 Å². The minimum Gasteiger partial charge on any atom is -0.391 e. The number of alkyl halides is 6. The van der Waals surface area contributed by atoms with Gasteiger partial charge < -0.3 is 9.64 Å². The first kappa shape index (κ1) is 22.2. The number of carbonyl (C=O) groups excluding carboxylic acids is 3. The molecule has 2 heterocycles. The average molecular weight is 472 g/mol. The third-order valence-corrected chi connectivity index (χ3v) is 5.75. The number of ketones is 1. The van der Waals surface area contributed by atoms with Gasteiger partial charge in [0.05, 0.1) is 16.3 Å². The fraction of sp³-hybridized carbons (Fsp3) is 0.375. The van der Waals surface area contributed by atoms with Crippen molar-refractivity contribution in [3.63, 3.8) is 0 Å². The molecular formula is C16H10F6N2O4S2. The Labute approximate surface area is 172 Å². The van der Waals surface area contributed by atoms with Crippen LogP contribution in [0.3, 0.4) is 0 Å². The predicted octanol–water partition coefficient (Wildman–Crippen LogP) is 4.22. The summed E-state index contributed by atoms with van der Waals surface area (Å²) in [5, 5.41) is -0.551. The smallest absolute Gasteiger partial charge is 0.391 e. The second kappa shape index (κ2) is 7.98. The third-order valence-electron chi connectivity index (χ3n) is 3.82. The molecule has 162 valence electrons.